The maximum Gasteiger partial charge on any atom is 0.344 e. The number of anilines is 1. The highest BCUT2D eigenvalue weighted by atomic mass is 32.2. The second-order valence-electron chi connectivity index (χ2n) is 6.57. The van der Waals surface area contributed by atoms with E-state index < -0.39 is 5.25 Å². The molecular weight excluding hydrogens is 352 g/mol. The third kappa shape index (κ3) is 4.19. The molecule has 140 valence electrons. The zero-order valence-electron chi connectivity index (χ0n) is 15.2. The van der Waals surface area contributed by atoms with Crippen LogP contribution >= 0.6 is 11.8 Å². The SMILES string of the molecule is Cc1cccc(C)c1NC(=O)[C@H](C)Sc1n[nH]c(=O)n1C[C@H]1CCCO1. The number of ether oxygens (including phenoxy) is 1. The largest absolute Gasteiger partial charge is 0.376 e. The van der Waals surface area contributed by atoms with E-state index in [1.165, 1.54) is 11.8 Å². The molecule has 1 aliphatic heterocycles. The summed E-state index contributed by atoms with van der Waals surface area (Å²) in [7, 11) is 0. The second kappa shape index (κ2) is 8.09. The summed E-state index contributed by atoms with van der Waals surface area (Å²) in [6.45, 7) is 6.93. The number of H-pyrrole nitrogens is 1. The summed E-state index contributed by atoms with van der Waals surface area (Å²) in [6, 6.07) is 5.90. The van der Waals surface area contributed by atoms with Crippen molar-refractivity contribution < 1.29 is 9.53 Å². The van der Waals surface area contributed by atoms with Crippen molar-refractivity contribution in [3.8, 4) is 0 Å². The Hall–Kier alpha value is -2.06. The molecule has 1 aliphatic rings. The first-order chi connectivity index (χ1) is 12.5. The highest BCUT2D eigenvalue weighted by Gasteiger charge is 2.23. The van der Waals surface area contributed by atoms with Gasteiger partial charge in [-0.1, -0.05) is 30.0 Å². The van der Waals surface area contributed by atoms with Crippen LogP contribution < -0.4 is 11.0 Å². The molecule has 2 N–H and O–H groups in total. The molecule has 0 saturated carbocycles. The first-order valence-corrected chi connectivity index (χ1v) is 9.64. The van der Waals surface area contributed by atoms with E-state index in [-0.39, 0.29) is 17.7 Å². The summed E-state index contributed by atoms with van der Waals surface area (Å²) >= 11 is 1.27. The number of amides is 1. The zero-order chi connectivity index (χ0) is 18.7. The average molecular weight is 376 g/mol. The van der Waals surface area contributed by atoms with Gasteiger partial charge in [0.05, 0.1) is 17.9 Å². The van der Waals surface area contributed by atoms with E-state index in [9.17, 15) is 9.59 Å². The Morgan fingerprint density at radius 1 is 1.46 bits per heavy atom. The van der Waals surface area contributed by atoms with E-state index in [0.29, 0.717) is 11.7 Å². The summed E-state index contributed by atoms with van der Waals surface area (Å²) in [4.78, 5) is 24.6. The van der Waals surface area contributed by atoms with E-state index in [2.05, 4.69) is 15.5 Å². The lowest BCUT2D eigenvalue weighted by Crippen LogP contribution is -2.27. The lowest BCUT2D eigenvalue weighted by molar-refractivity contribution is -0.115. The number of hydrogen-bond donors (Lipinski definition) is 2. The van der Waals surface area contributed by atoms with Gasteiger partial charge in [-0.25, -0.2) is 9.89 Å². The Bertz CT molecular complexity index is 819. The van der Waals surface area contributed by atoms with E-state index in [1.54, 1.807) is 4.57 Å². The van der Waals surface area contributed by atoms with Crippen LogP contribution in [0.15, 0.2) is 28.2 Å². The summed E-state index contributed by atoms with van der Waals surface area (Å²) in [5.41, 5.74) is 2.60. The number of rotatable bonds is 6. The van der Waals surface area contributed by atoms with Crippen LogP contribution in [0.3, 0.4) is 0 Å². The second-order valence-corrected chi connectivity index (χ2v) is 7.88. The minimum Gasteiger partial charge on any atom is -0.376 e. The summed E-state index contributed by atoms with van der Waals surface area (Å²) < 4.78 is 7.16. The van der Waals surface area contributed by atoms with Crippen molar-refractivity contribution in [2.45, 2.75) is 56.7 Å². The number of nitrogens with one attached hydrogen (secondary N) is 2. The van der Waals surface area contributed by atoms with Crippen LogP contribution in [-0.4, -0.2) is 38.6 Å². The fraction of sp³-hybridized carbons (Fsp3) is 0.500. The van der Waals surface area contributed by atoms with Gasteiger partial charge in [0, 0.05) is 12.3 Å². The Kier molecular flexibility index (Phi) is 5.83. The maximum atomic E-state index is 12.6. The maximum absolute atomic E-state index is 12.6. The molecular formula is C18H24N4O3S. The minimum absolute atomic E-state index is 0.0309. The van der Waals surface area contributed by atoms with E-state index in [1.807, 2.05) is 39.0 Å². The van der Waals surface area contributed by atoms with E-state index >= 15 is 0 Å². The molecule has 0 spiro atoms. The molecule has 0 unspecified atom stereocenters. The number of carbonyl (C=O) groups is 1. The number of benzene rings is 1. The van der Waals surface area contributed by atoms with Crippen molar-refractivity contribution in [2.24, 2.45) is 0 Å². The molecule has 26 heavy (non-hydrogen) atoms. The van der Waals surface area contributed by atoms with Gasteiger partial charge in [0.15, 0.2) is 5.16 Å². The van der Waals surface area contributed by atoms with Crippen molar-refractivity contribution in [1.82, 2.24) is 14.8 Å². The van der Waals surface area contributed by atoms with Gasteiger partial charge in [-0.15, -0.1) is 5.10 Å². The Morgan fingerprint density at radius 2 is 2.19 bits per heavy atom. The van der Waals surface area contributed by atoms with E-state index in [0.717, 1.165) is 36.3 Å². The van der Waals surface area contributed by atoms with Crippen molar-refractivity contribution >= 4 is 23.4 Å². The minimum atomic E-state index is -0.396. The lowest BCUT2D eigenvalue weighted by Gasteiger charge is -2.16. The standard InChI is InChI=1S/C18H24N4O3S/c1-11-6-4-7-12(2)15(11)19-16(23)13(3)26-18-21-20-17(24)22(18)10-14-8-5-9-25-14/h4,6-7,13-14H,5,8-10H2,1-3H3,(H,19,23)(H,20,24)/t13-,14+/m0/s1. The molecule has 2 heterocycles. The topological polar surface area (TPSA) is 89.0 Å². The predicted octanol–water partition coefficient (Wildman–Crippen LogP) is 2.49. The first-order valence-electron chi connectivity index (χ1n) is 8.76. The van der Waals surface area contributed by atoms with Crippen LogP contribution in [0.2, 0.25) is 0 Å². The van der Waals surface area contributed by atoms with E-state index in [4.69, 9.17) is 4.74 Å². The molecule has 1 fully saturated rings. The first kappa shape index (κ1) is 18.7. The van der Waals surface area contributed by atoms with Gasteiger partial charge in [-0.2, -0.15) is 0 Å². The zero-order valence-corrected chi connectivity index (χ0v) is 16.1. The number of hydrogen-bond acceptors (Lipinski definition) is 5. The van der Waals surface area contributed by atoms with Gasteiger partial charge in [0.2, 0.25) is 5.91 Å². The Balaban J connectivity index is 1.68. The molecule has 1 aromatic heterocycles. The monoisotopic (exact) mass is 376 g/mol. The Labute approximate surface area is 156 Å². The molecule has 7 nitrogen and oxygen atoms in total. The number of para-hydroxylation sites is 1. The molecule has 8 heteroatoms. The van der Waals surface area contributed by atoms with Crippen LogP contribution in [0, 0.1) is 13.8 Å². The third-order valence-electron chi connectivity index (χ3n) is 4.51. The number of aromatic amines is 1. The molecule has 3 rings (SSSR count). The van der Waals surface area contributed by atoms with Crippen molar-refractivity contribution in [3.63, 3.8) is 0 Å². The van der Waals surface area contributed by atoms with Gasteiger partial charge in [-0.3, -0.25) is 9.36 Å². The number of nitrogens with zero attached hydrogens (tertiary/aromatic N) is 2. The fourth-order valence-corrected chi connectivity index (χ4v) is 3.86. The summed E-state index contributed by atoms with van der Waals surface area (Å²) in [6.07, 6.45) is 1.97. The van der Waals surface area contributed by atoms with Crippen molar-refractivity contribution in [1.29, 1.82) is 0 Å². The molecule has 0 aliphatic carbocycles. The van der Waals surface area contributed by atoms with Crippen LogP contribution in [0.5, 0.6) is 0 Å². The van der Waals surface area contributed by atoms with Gasteiger partial charge >= 0.3 is 5.69 Å². The van der Waals surface area contributed by atoms with Gasteiger partial charge in [-0.05, 0) is 44.7 Å². The molecule has 2 atom stereocenters. The predicted molar refractivity (Wildman–Crippen MR) is 102 cm³/mol. The molecule has 2 aromatic rings. The highest BCUT2D eigenvalue weighted by molar-refractivity contribution is 8.00. The fourth-order valence-electron chi connectivity index (χ4n) is 2.99. The number of thioether (sulfide) groups is 1. The van der Waals surface area contributed by atoms with Gasteiger partial charge in [0.25, 0.3) is 0 Å². The van der Waals surface area contributed by atoms with Crippen LogP contribution in [0.1, 0.15) is 30.9 Å². The molecule has 0 bridgehead atoms. The van der Waals surface area contributed by atoms with Crippen molar-refractivity contribution in [2.75, 3.05) is 11.9 Å². The molecule has 1 aromatic carbocycles. The van der Waals surface area contributed by atoms with Crippen molar-refractivity contribution in [3.05, 3.63) is 39.8 Å². The number of carbonyl (C=O) groups excluding carboxylic acids is 1. The quantitative estimate of drug-likeness (QED) is 0.756. The Morgan fingerprint density at radius 3 is 2.85 bits per heavy atom. The number of aromatic nitrogens is 3. The summed E-state index contributed by atoms with van der Waals surface area (Å²) in [5, 5.41) is 9.65. The smallest absolute Gasteiger partial charge is 0.344 e. The molecule has 1 amide bonds. The molecule has 0 radical (unpaired) electrons. The normalized spacial score (nSPS) is 18.0. The number of aryl methyl sites for hydroxylation is 2. The summed E-state index contributed by atoms with van der Waals surface area (Å²) in [5.74, 6) is -0.119. The average Bonchev–Trinajstić information content (AvgIpc) is 3.23. The van der Waals surface area contributed by atoms with Gasteiger partial charge < -0.3 is 10.1 Å². The van der Waals surface area contributed by atoms with Crippen LogP contribution in [0.25, 0.3) is 0 Å². The van der Waals surface area contributed by atoms with Crippen LogP contribution in [0.4, 0.5) is 5.69 Å². The van der Waals surface area contributed by atoms with Crippen LogP contribution in [-0.2, 0) is 16.1 Å². The molecule has 1 saturated heterocycles. The third-order valence-corrected chi connectivity index (χ3v) is 5.60. The highest BCUT2D eigenvalue weighted by Crippen LogP contribution is 2.25. The van der Waals surface area contributed by atoms with Gasteiger partial charge in [0.1, 0.15) is 0 Å². The lowest BCUT2D eigenvalue weighted by atomic mass is 10.1.